The van der Waals surface area contributed by atoms with Crippen LogP contribution in [0, 0.1) is 15.3 Å². The monoisotopic (exact) mass is 671 g/mol. The third kappa shape index (κ3) is 8.05. The van der Waals surface area contributed by atoms with Crippen molar-refractivity contribution in [2.75, 3.05) is 7.11 Å². The van der Waals surface area contributed by atoms with Crippen molar-refractivity contribution in [3.8, 4) is 11.5 Å². The van der Waals surface area contributed by atoms with E-state index in [1.165, 1.54) is 37.6 Å². The summed E-state index contributed by atoms with van der Waals surface area (Å²) >= 11 is 14.3. The maximum Gasteiger partial charge on any atom is 0.262 e. The quantitative estimate of drug-likeness (QED) is 0.152. The summed E-state index contributed by atoms with van der Waals surface area (Å²) in [6.07, 6.45) is 1.46. The molecule has 3 rings (SSSR count). The van der Waals surface area contributed by atoms with Gasteiger partial charge in [0.05, 0.1) is 16.9 Å². The van der Waals surface area contributed by atoms with Gasteiger partial charge in [0, 0.05) is 21.2 Å². The molecule has 0 aliphatic carbocycles. The Hall–Kier alpha value is -2.89. The maximum atomic E-state index is 13.1. The molecule has 7 nitrogen and oxygen atoms in total. The second-order valence-corrected chi connectivity index (χ2v) is 10.5. The summed E-state index contributed by atoms with van der Waals surface area (Å²) < 4.78 is 25.4. The summed E-state index contributed by atoms with van der Waals surface area (Å²) in [5.41, 5.74) is 4.13. The SMILES string of the molecule is COc1cc(/C=N/NC(=O)C(NC(=O)c2ccc(F)cc2)C(C)C)cc(I)c1OCc1ccc(Cl)cc1Cl. The Morgan fingerprint density at radius 3 is 2.45 bits per heavy atom. The van der Waals surface area contributed by atoms with E-state index in [0.29, 0.717) is 27.1 Å². The van der Waals surface area contributed by atoms with Gasteiger partial charge in [0.25, 0.3) is 11.8 Å². The van der Waals surface area contributed by atoms with E-state index in [1.54, 1.807) is 38.1 Å². The van der Waals surface area contributed by atoms with Crippen LogP contribution in [-0.2, 0) is 11.4 Å². The zero-order valence-corrected chi connectivity index (χ0v) is 24.4. The van der Waals surface area contributed by atoms with Gasteiger partial charge in [0.1, 0.15) is 18.5 Å². The van der Waals surface area contributed by atoms with Crippen LogP contribution in [0.15, 0.2) is 59.7 Å². The molecule has 0 fully saturated rings. The van der Waals surface area contributed by atoms with Crippen molar-refractivity contribution in [1.82, 2.24) is 10.7 Å². The highest BCUT2D eigenvalue weighted by molar-refractivity contribution is 14.1. The van der Waals surface area contributed by atoms with Gasteiger partial charge in [0.2, 0.25) is 0 Å². The van der Waals surface area contributed by atoms with Crippen LogP contribution in [0.4, 0.5) is 4.39 Å². The minimum atomic E-state index is -0.852. The molecule has 0 radical (unpaired) electrons. The standard InChI is InChI=1S/C27H25Cl2FIN3O4/c1-15(2)24(33-26(35)17-5-8-20(30)9-6-17)27(36)34-32-13-16-10-22(31)25(23(11-16)37-3)38-14-18-4-7-19(28)12-21(18)29/h4-13,15,24H,14H2,1-3H3,(H,33,35)(H,34,36)/b32-13+. The molecule has 200 valence electrons. The largest absolute Gasteiger partial charge is 0.493 e. The summed E-state index contributed by atoms with van der Waals surface area (Å²) in [4.78, 5) is 25.2. The van der Waals surface area contributed by atoms with Gasteiger partial charge in [0.15, 0.2) is 11.5 Å². The zero-order chi connectivity index (χ0) is 27.8. The van der Waals surface area contributed by atoms with Crippen LogP contribution >= 0.6 is 45.8 Å². The van der Waals surface area contributed by atoms with E-state index < -0.39 is 23.7 Å². The summed E-state index contributed by atoms with van der Waals surface area (Å²) in [6, 6.07) is 12.9. The molecule has 3 aromatic rings. The molecule has 0 saturated heterocycles. The number of nitrogens with one attached hydrogen (secondary N) is 2. The predicted molar refractivity (Wildman–Crippen MR) is 155 cm³/mol. The molecule has 2 N–H and O–H groups in total. The van der Waals surface area contributed by atoms with E-state index in [-0.39, 0.29) is 18.1 Å². The molecule has 0 aliphatic rings. The number of hydrogen-bond donors (Lipinski definition) is 2. The Labute approximate surface area is 243 Å². The lowest BCUT2D eigenvalue weighted by Crippen LogP contribution is -2.48. The smallest absolute Gasteiger partial charge is 0.262 e. The number of rotatable bonds is 10. The van der Waals surface area contributed by atoms with Crippen LogP contribution in [0.3, 0.4) is 0 Å². The number of nitrogens with zero attached hydrogens (tertiary/aromatic N) is 1. The fourth-order valence-electron chi connectivity index (χ4n) is 3.34. The normalized spacial score (nSPS) is 11.9. The number of carbonyl (C=O) groups excluding carboxylic acids is 2. The molecule has 0 aromatic heterocycles. The summed E-state index contributed by atoms with van der Waals surface area (Å²) in [5, 5.41) is 7.75. The average Bonchev–Trinajstić information content (AvgIpc) is 2.87. The van der Waals surface area contributed by atoms with Crippen molar-refractivity contribution in [1.29, 1.82) is 0 Å². The fourth-order valence-corrected chi connectivity index (χ4v) is 4.59. The van der Waals surface area contributed by atoms with E-state index in [4.69, 9.17) is 32.7 Å². The van der Waals surface area contributed by atoms with Gasteiger partial charge >= 0.3 is 0 Å². The molecule has 0 spiro atoms. The van der Waals surface area contributed by atoms with Crippen molar-refractivity contribution in [2.45, 2.75) is 26.5 Å². The van der Waals surface area contributed by atoms with E-state index in [2.05, 4.69) is 38.4 Å². The zero-order valence-electron chi connectivity index (χ0n) is 20.7. The Morgan fingerprint density at radius 2 is 1.82 bits per heavy atom. The number of hydrazone groups is 1. The maximum absolute atomic E-state index is 13.1. The first kappa shape index (κ1) is 29.7. The molecule has 0 aliphatic heterocycles. The van der Waals surface area contributed by atoms with E-state index in [0.717, 1.165) is 9.13 Å². The molecule has 0 saturated carbocycles. The Kier molecular flexibility index (Phi) is 10.7. The number of hydrogen-bond acceptors (Lipinski definition) is 5. The number of amides is 2. The van der Waals surface area contributed by atoms with Gasteiger partial charge in [-0.25, -0.2) is 9.82 Å². The average molecular weight is 672 g/mol. The topological polar surface area (TPSA) is 89.0 Å². The number of halogens is 4. The third-order valence-corrected chi connectivity index (χ3v) is 6.76. The number of methoxy groups -OCH3 is 1. The van der Waals surface area contributed by atoms with E-state index in [1.807, 2.05) is 6.07 Å². The van der Waals surface area contributed by atoms with Gasteiger partial charge in [-0.05, 0) is 82.6 Å². The van der Waals surface area contributed by atoms with Crippen molar-refractivity contribution in [3.63, 3.8) is 0 Å². The predicted octanol–water partition coefficient (Wildman–Crippen LogP) is 6.23. The van der Waals surface area contributed by atoms with Crippen molar-refractivity contribution >= 4 is 63.8 Å². The fraction of sp³-hybridized carbons (Fsp3) is 0.222. The van der Waals surface area contributed by atoms with Crippen molar-refractivity contribution < 1.29 is 23.5 Å². The molecule has 0 bridgehead atoms. The molecule has 38 heavy (non-hydrogen) atoms. The number of benzene rings is 3. The number of carbonyl (C=O) groups is 2. The van der Waals surface area contributed by atoms with Crippen LogP contribution in [0.2, 0.25) is 10.0 Å². The van der Waals surface area contributed by atoms with Gasteiger partial charge in [-0.2, -0.15) is 5.10 Å². The highest BCUT2D eigenvalue weighted by Gasteiger charge is 2.24. The first-order chi connectivity index (χ1) is 18.1. The van der Waals surface area contributed by atoms with Gasteiger partial charge in [-0.3, -0.25) is 9.59 Å². The minimum absolute atomic E-state index is 0.214. The summed E-state index contributed by atoms with van der Waals surface area (Å²) in [5.74, 6) is -0.650. The second kappa shape index (κ2) is 13.8. The summed E-state index contributed by atoms with van der Waals surface area (Å²) in [6.45, 7) is 3.80. The van der Waals surface area contributed by atoms with Crippen molar-refractivity contribution in [2.24, 2.45) is 11.0 Å². The Morgan fingerprint density at radius 1 is 1.11 bits per heavy atom. The first-order valence-corrected chi connectivity index (χ1v) is 13.3. The lowest BCUT2D eigenvalue weighted by atomic mass is 10.0. The molecule has 2 amide bonds. The lowest BCUT2D eigenvalue weighted by molar-refractivity contribution is -0.123. The molecule has 11 heteroatoms. The third-order valence-electron chi connectivity index (χ3n) is 5.37. The van der Waals surface area contributed by atoms with Crippen molar-refractivity contribution in [3.05, 3.63) is 90.7 Å². The molecule has 1 unspecified atom stereocenters. The highest BCUT2D eigenvalue weighted by atomic mass is 127. The minimum Gasteiger partial charge on any atom is -0.493 e. The van der Waals surface area contributed by atoms with Crippen LogP contribution in [0.5, 0.6) is 11.5 Å². The number of ether oxygens (including phenoxy) is 2. The van der Waals surface area contributed by atoms with Crippen LogP contribution in [0.1, 0.15) is 35.3 Å². The molecular formula is C27H25Cl2FIN3O4. The van der Waals surface area contributed by atoms with E-state index in [9.17, 15) is 14.0 Å². The Balaban J connectivity index is 1.66. The second-order valence-electron chi connectivity index (χ2n) is 8.49. The van der Waals surface area contributed by atoms with Crippen LogP contribution < -0.4 is 20.2 Å². The van der Waals surface area contributed by atoms with E-state index >= 15 is 0 Å². The van der Waals surface area contributed by atoms with Crippen LogP contribution in [0.25, 0.3) is 0 Å². The Bertz CT molecular complexity index is 1340. The summed E-state index contributed by atoms with van der Waals surface area (Å²) in [7, 11) is 1.52. The van der Waals surface area contributed by atoms with Gasteiger partial charge in [-0.1, -0.05) is 43.1 Å². The highest BCUT2D eigenvalue weighted by Crippen LogP contribution is 2.35. The van der Waals surface area contributed by atoms with Gasteiger partial charge < -0.3 is 14.8 Å². The molecule has 1 atom stereocenters. The molecular weight excluding hydrogens is 647 g/mol. The van der Waals surface area contributed by atoms with Gasteiger partial charge in [-0.15, -0.1) is 0 Å². The molecule has 3 aromatic carbocycles. The first-order valence-electron chi connectivity index (χ1n) is 11.4. The lowest BCUT2D eigenvalue weighted by Gasteiger charge is -2.20. The molecule has 0 heterocycles. The van der Waals surface area contributed by atoms with Crippen LogP contribution in [-0.4, -0.2) is 31.2 Å².